The van der Waals surface area contributed by atoms with Crippen molar-refractivity contribution in [3.8, 4) is 17.1 Å². The standard InChI is InChI=1S/C22H24FN5O3/c1-15(2)22-25-21(26-31-22)16-7-8-19(24-13-16)27-9-11-28(12-10-27)20(29)14-30-18-6-4-3-5-17(18)23/h3-8,13,15H,9-12,14H2,1-2H3. The van der Waals surface area contributed by atoms with Gasteiger partial charge in [-0.1, -0.05) is 31.1 Å². The van der Waals surface area contributed by atoms with E-state index >= 15 is 0 Å². The minimum Gasteiger partial charge on any atom is -0.481 e. The van der Waals surface area contributed by atoms with Crippen LogP contribution in [-0.4, -0.2) is 58.7 Å². The molecule has 4 rings (SSSR count). The summed E-state index contributed by atoms with van der Waals surface area (Å²) in [7, 11) is 0. The Labute approximate surface area is 179 Å². The number of pyridine rings is 1. The number of carbonyl (C=O) groups excluding carboxylic acids is 1. The fourth-order valence-electron chi connectivity index (χ4n) is 3.27. The van der Waals surface area contributed by atoms with Crippen molar-refractivity contribution in [3.05, 3.63) is 54.3 Å². The number of nitrogens with zero attached hydrogens (tertiary/aromatic N) is 5. The van der Waals surface area contributed by atoms with Crippen LogP contribution in [0.25, 0.3) is 11.4 Å². The number of ether oxygens (including phenoxy) is 1. The molecular formula is C22H24FN5O3. The first-order chi connectivity index (χ1) is 15.0. The van der Waals surface area contributed by atoms with E-state index in [4.69, 9.17) is 9.26 Å². The number of rotatable bonds is 6. The van der Waals surface area contributed by atoms with Crippen molar-refractivity contribution in [2.24, 2.45) is 0 Å². The van der Waals surface area contributed by atoms with Gasteiger partial charge in [0, 0.05) is 43.9 Å². The average Bonchev–Trinajstić information content (AvgIpc) is 3.29. The molecule has 1 amide bonds. The van der Waals surface area contributed by atoms with Gasteiger partial charge in [0.25, 0.3) is 5.91 Å². The molecule has 0 atom stereocenters. The van der Waals surface area contributed by atoms with E-state index in [1.54, 1.807) is 23.2 Å². The SMILES string of the molecule is CC(C)c1nc(-c2ccc(N3CCN(C(=O)COc4ccccc4F)CC3)nc2)no1. The van der Waals surface area contributed by atoms with Crippen LogP contribution in [0, 0.1) is 5.82 Å². The summed E-state index contributed by atoms with van der Waals surface area (Å²) in [5.41, 5.74) is 0.790. The number of hydrogen-bond acceptors (Lipinski definition) is 7. The third-order valence-electron chi connectivity index (χ3n) is 5.09. The molecule has 8 nitrogen and oxygen atoms in total. The van der Waals surface area contributed by atoms with E-state index in [0.29, 0.717) is 37.9 Å². The summed E-state index contributed by atoms with van der Waals surface area (Å²) in [6.07, 6.45) is 1.73. The van der Waals surface area contributed by atoms with Gasteiger partial charge in [-0.15, -0.1) is 0 Å². The summed E-state index contributed by atoms with van der Waals surface area (Å²) in [5, 5.41) is 4.00. The van der Waals surface area contributed by atoms with Crippen LogP contribution in [0.2, 0.25) is 0 Å². The second-order valence-electron chi connectivity index (χ2n) is 7.60. The maximum Gasteiger partial charge on any atom is 0.260 e. The largest absolute Gasteiger partial charge is 0.481 e. The van der Waals surface area contributed by atoms with Gasteiger partial charge in [-0.2, -0.15) is 4.98 Å². The summed E-state index contributed by atoms with van der Waals surface area (Å²) in [6.45, 7) is 6.20. The Hall–Kier alpha value is -3.49. The molecule has 0 N–H and O–H groups in total. The minimum atomic E-state index is -0.476. The third kappa shape index (κ3) is 4.82. The highest BCUT2D eigenvalue weighted by molar-refractivity contribution is 5.78. The lowest BCUT2D eigenvalue weighted by Gasteiger charge is -2.35. The predicted molar refractivity (Wildman–Crippen MR) is 112 cm³/mol. The first-order valence-corrected chi connectivity index (χ1v) is 10.2. The van der Waals surface area contributed by atoms with Crippen molar-refractivity contribution in [2.45, 2.75) is 19.8 Å². The molecule has 0 aliphatic carbocycles. The van der Waals surface area contributed by atoms with E-state index in [9.17, 15) is 9.18 Å². The quantitative estimate of drug-likeness (QED) is 0.600. The topological polar surface area (TPSA) is 84.6 Å². The Morgan fingerprint density at radius 1 is 1.16 bits per heavy atom. The van der Waals surface area contributed by atoms with Crippen molar-refractivity contribution >= 4 is 11.7 Å². The van der Waals surface area contributed by atoms with Crippen LogP contribution in [0.15, 0.2) is 47.1 Å². The summed E-state index contributed by atoms with van der Waals surface area (Å²) < 4.78 is 24.2. The van der Waals surface area contributed by atoms with Gasteiger partial charge < -0.3 is 19.1 Å². The summed E-state index contributed by atoms with van der Waals surface area (Å²) in [5.74, 6) is 1.56. The number of anilines is 1. The zero-order valence-corrected chi connectivity index (χ0v) is 17.5. The maximum absolute atomic E-state index is 13.6. The number of para-hydroxylation sites is 1. The molecule has 1 saturated heterocycles. The summed E-state index contributed by atoms with van der Waals surface area (Å²) in [6, 6.07) is 9.89. The first-order valence-electron chi connectivity index (χ1n) is 10.2. The number of amides is 1. The van der Waals surface area contributed by atoms with Crippen molar-refractivity contribution < 1.29 is 18.4 Å². The molecule has 0 radical (unpaired) electrons. The summed E-state index contributed by atoms with van der Waals surface area (Å²) in [4.78, 5) is 25.1. The molecule has 0 saturated carbocycles. The van der Waals surface area contributed by atoms with Crippen molar-refractivity contribution in [1.29, 1.82) is 0 Å². The summed E-state index contributed by atoms with van der Waals surface area (Å²) >= 11 is 0. The lowest BCUT2D eigenvalue weighted by atomic mass is 10.2. The van der Waals surface area contributed by atoms with E-state index in [0.717, 1.165) is 11.4 Å². The number of halogens is 1. The Morgan fingerprint density at radius 2 is 1.94 bits per heavy atom. The van der Waals surface area contributed by atoms with E-state index in [2.05, 4.69) is 20.0 Å². The van der Waals surface area contributed by atoms with Gasteiger partial charge in [-0.25, -0.2) is 9.37 Å². The Kier molecular flexibility index (Phi) is 6.11. The van der Waals surface area contributed by atoms with Crippen LogP contribution < -0.4 is 9.64 Å². The Morgan fingerprint density at radius 3 is 2.58 bits per heavy atom. The smallest absolute Gasteiger partial charge is 0.260 e. The first kappa shape index (κ1) is 20.8. The third-order valence-corrected chi connectivity index (χ3v) is 5.09. The van der Waals surface area contributed by atoms with E-state index in [1.165, 1.54) is 12.1 Å². The lowest BCUT2D eigenvalue weighted by molar-refractivity contribution is -0.133. The van der Waals surface area contributed by atoms with Crippen molar-refractivity contribution in [1.82, 2.24) is 20.0 Å². The van der Waals surface area contributed by atoms with E-state index in [1.807, 2.05) is 26.0 Å². The zero-order valence-electron chi connectivity index (χ0n) is 17.5. The fourth-order valence-corrected chi connectivity index (χ4v) is 3.27. The van der Waals surface area contributed by atoms with Gasteiger partial charge >= 0.3 is 0 Å². The number of carbonyl (C=O) groups is 1. The van der Waals surface area contributed by atoms with Gasteiger partial charge in [-0.05, 0) is 24.3 Å². The molecule has 162 valence electrons. The molecule has 3 aromatic rings. The van der Waals surface area contributed by atoms with Gasteiger partial charge in [0.1, 0.15) is 5.82 Å². The normalized spacial score (nSPS) is 14.2. The molecule has 0 bridgehead atoms. The monoisotopic (exact) mass is 425 g/mol. The average molecular weight is 425 g/mol. The van der Waals surface area contributed by atoms with Crippen LogP contribution in [0.3, 0.4) is 0 Å². The van der Waals surface area contributed by atoms with Gasteiger partial charge in [0.2, 0.25) is 11.7 Å². The van der Waals surface area contributed by atoms with Crippen molar-refractivity contribution in [2.75, 3.05) is 37.7 Å². The second kappa shape index (κ2) is 9.11. The number of piperazine rings is 1. The number of aromatic nitrogens is 3. The van der Waals surface area contributed by atoms with Crippen LogP contribution >= 0.6 is 0 Å². The maximum atomic E-state index is 13.6. The van der Waals surface area contributed by atoms with Crippen LogP contribution in [0.4, 0.5) is 10.2 Å². The highest BCUT2D eigenvalue weighted by Gasteiger charge is 2.23. The molecule has 0 unspecified atom stereocenters. The highest BCUT2D eigenvalue weighted by Crippen LogP contribution is 2.22. The lowest BCUT2D eigenvalue weighted by Crippen LogP contribution is -2.50. The van der Waals surface area contributed by atoms with Gasteiger partial charge in [0.05, 0.1) is 0 Å². The highest BCUT2D eigenvalue weighted by atomic mass is 19.1. The molecule has 2 aromatic heterocycles. The molecule has 31 heavy (non-hydrogen) atoms. The minimum absolute atomic E-state index is 0.0842. The molecule has 1 aliphatic rings. The van der Waals surface area contributed by atoms with Gasteiger partial charge in [-0.3, -0.25) is 4.79 Å². The zero-order chi connectivity index (χ0) is 21.8. The molecule has 3 heterocycles. The van der Waals surface area contributed by atoms with Crippen molar-refractivity contribution in [3.63, 3.8) is 0 Å². The number of hydrogen-bond donors (Lipinski definition) is 0. The van der Waals surface area contributed by atoms with Crippen LogP contribution in [0.5, 0.6) is 5.75 Å². The molecular weight excluding hydrogens is 401 g/mol. The van der Waals surface area contributed by atoms with E-state index in [-0.39, 0.29) is 24.2 Å². The van der Waals surface area contributed by atoms with Crippen LogP contribution in [-0.2, 0) is 4.79 Å². The number of benzene rings is 1. The second-order valence-corrected chi connectivity index (χ2v) is 7.60. The van der Waals surface area contributed by atoms with Crippen LogP contribution in [0.1, 0.15) is 25.7 Å². The molecule has 1 aromatic carbocycles. The molecule has 1 aliphatic heterocycles. The predicted octanol–water partition coefficient (Wildman–Crippen LogP) is 3.12. The fraction of sp³-hybridized carbons (Fsp3) is 0.364. The van der Waals surface area contributed by atoms with E-state index < -0.39 is 5.82 Å². The Balaban J connectivity index is 1.30. The molecule has 9 heteroatoms. The van der Waals surface area contributed by atoms with Gasteiger partial charge in [0.15, 0.2) is 18.2 Å². The molecule has 1 fully saturated rings. The Bertz CT molecular complexity index is 1030. The molecule has 0 spiro atoms.